The minimum atomic E-state index is -0.270. The Hall–Kier alpha value is -2.18. The molecule has 0 bridgehead atoms. The molecule has 1 amide bonds. The predicted molar refractivity (Wildman–Crippen MR) is 87.5 cm³/mol. The van der Waals surface area contributed by atoms with Gasteiger partial charge >= 0.3 is 0 Å². The fraction of sp³-hybridized carbons (Fsp3) is 0.412. The first-order chi connectivity index (χ1) is 11.2. The number of hydrogen-bond acceptors (Lipinski definition) is 4. The van der Waals surface area contributed by atoms with E-state index < -0.39 is 0 Å². The predicted octanol–water partition coefficient (Wildman–Crippen LogP) is 1.09. The maximum Gasteiger partial charge on any atom is 0.239 e. The molecule has 6 heteroatoms. The maximum atomic E-state index is 12.2. The van der Waals surface area contributed by atoms with Crippen molar-refractivity contribution >= 4 is 5.91 Å². The molecule has 1 aliphatic heterocycles. The van der Waals surface area contributed by atoms with Crippen LogP contribution in [0.5, 0.6) is 0 Å². The van der Waals surface area contributed by atoms with Gasteiger partial charge in [0.15, 0.2) is 0 Å². The van der Waals surface area contributed by atoms with Crippen LogP contribution in [-0.2, 0) is 16.1 Å². The van der Waals surface area contributed by atoms with Crippen molar-refractivity contribution in [3.63, 3.8) is 0 Å². The Balaban J connectivity index is 1.71. The van der Waals surface area contributed by atoms with E-state index in [1.165, 1.54) is 0 Å². The summed E-state index contributed by atoms with van der Waals surface area (Å²) in [5.74, 6) is -0.0315. The van der Waals surface area contributed by atoms with Crippen molar-refractivity contribution in [3.05, 3.63) is 47.3 Å². The van der Waals surface area contributed by atoms with Crippen molar-refractivity contribution in [1.82, 2.24) is 20.4 Å². The second kappa shape index (κ2) is 6.93. The fourth-order valence-electron chi connectivity index (χ4n) is 2.78. The third-order valence-corrected chi connectivity index (χ3v) is 4.12. The average molecular weight is 314 g/mol. The van der Waals surface area contributed by atoms with E-state index in [0.29, 0.717) is 26.3 Å². The molecule has 1 aliphatic rings. The van der Waals surface area contributed by atoms with Crippen LogP contribution < -0.4 is 10.6 Å². The summed E-state index contributed by atoms with van der Waals surface area (Å²) in [6.45, 7) is 6.26. The van der Waals surface area contributed by atoms with Crippen molar-refractivity contribution < 1.29 is 9.53 Å². The first-order valence-electron chi connectivity index (χ1n) is 7.86. The number of para-hydroxylation sites is 1. The van der Waals surface area contributed by atoms with Crippen LogP contribution in [0.25, 0.3) is 5.69 Å². The standard InChI is InChI=1S/C17H22N4O2/c1-12-15(10-19-17(22)16-11-23-9-8-18-16)13(2)21(20-12)14-6-4-3-5-7-14/h3-7,16,18H,8-11H2,1-2H3,(H,19,22). The Bertz CT molecular complexity index is 675. The summed E-state index contributed by atoms with van der Waals surface area (Å²) in [6, 6.07) is 9.73. The Morgan fingerprint density at radius 2 is 2.17 bits per heavy atom. The van der Waals surface area contributed by atoms with E-state index in [9.17, 15) is 4.79 Å². The lowest BCUT2D eigenvalue weighted by Crippen LogP contribution is -2.51. The van der Waals surface area contributed by atoms with E-state index in [-0.39, 0.29) is 11.9 Å². The van der Waals surface area contributed by atoms with Gasteiger partial charge in [-0.15, -0.1) is 0 Å². The average Bonchev–Trinajstić information content (AvgIpc) is 2.88. The van der Waals surface area contributed by atoms with Crippen molar-refractivity contribution in [2.45, 2.75) is 26.4 Å². The number of benzene rings is 1. The summed E-state index contributed by atoms with van der Waals surface area (Å²) in [4.78, 5) is 12.2. The minimum absolute atomic E-state index is 0.0315. The van der Waals surface area contributed by atoms with E-state index >= 15 is 0 Å². The van der Waals surface area contributed by atoms with Crippen LogP contribution in [0.3, 0.4) is 0 Å². The van der Waals surface area contributed by atoms with Gasteiger partial charge in [-0.05, 0) is 26.0 Å². The summed E-state index contributed by atoms with van der Waals surface area (Å²) in [7, 11) is 0. The Morgan fingerprint density at radius 1 is 1.39 bits per heavy atom. The molecule has 6 nitrogen and oxygen atoms in total. The largest absolute Gasteiger partial charge is 0.378 e. The first-order valence-corrected chi connectivity index (χ1v) is 7.86. The van der Waals surface area contributed by atoms with E-state index in [0.717, 1.165) is 22.6 Å². The molecule has 2 heterocycles. The monoisotopic (exact) mass is 314 g/mol. The zero-order valence-electron chi connectivity index (χ0n) is 13.5. The molecule has 0 radical (unpaired) electrons. The Morgan fingerprint density at radius 3 is 2.87 bits per heavy atom. The molecule has 1 atom stereocenters. The molecule has 2 N–H and O–H groups in total. The molecule has 0 aliphatic carbocycles. The topological polar surface area (TPSA) is 68.2 Å². The number of morpholine rings is 1. The van der Waals surface area contributed by atoms with Crippen molar-refractivity contribution in [1.29, 1.82) is 0 Å². The molecule has 3 rings (SSSR count). The third kappa shape index (κ3) is 3.43. The second-order valence-electron chi connectivity index (χ2n) is 5.70. The van der Waals surface area contributed by atoms with E-state index in [2.05, 4.69) is 15.7 Å². The van der Waals surface area contributed by atoms with Crippen LogP contribution >= 0.6 is 0 Å². The third-order valence-electron chi connectivity index (χ3n) is 4.12. The number of nitrogens with one attached hydrogen (secondary N) is 2. The highest BCUT2D eigenvalue weighted by Gasteiger charge is 2.21. The molecule has 1 aromatic carbocycles. The zero-order chi connectivity index (χ0) is 16.2. The lowest BCUT2D eigenvalue weighted by Gasteiger charge is -2.22. The van der Waals surface area contributed by atoms with Crippen LogP contribution in [0.4, 0.5) is 0 Å². The Labute approximate surface area is 135 Å². The number of aryl methyl sites for hydroxylation is 1. The van der Waals surface area contributed by atoms with Crippen molar-refractivity contribution in [2.24, 2.45) is 0 Å². The maximum absolute atomic E-state index is 12.2. The smallest absolute Gasteiger partial charge is 0.239 e. The van der Waals surface area contributed by atoms with Crippen LogP contribution in [0, 0.1) is 13.8 Å². The van der Waals surface area contributed by atoms with E-state index in [4.69, 9.17) is 4.74 Å². The van der Waals surface area contributed by atoms with Crippen LogP contribution in [0.15, 0.2) is 30.3 Å². The lowest BCUT2D eigenvalue weighted by molar-refractivity contribution is -0.126. The minimum Gasteiger partial charge on any atom is -0.378 e. The first kappa shape index (κ1) is 15.7. The highest BCUT2D eigenvalue weighted by Crippen LogP contribution is 2.17. The van der Waals surface area contributed by atoms with Gasteiger partial charge in [0.1, 0.15) is 6.04 Å². The highest BCUT2D eigenvalue weighted by atomic mass is 16.5. The van der Waals surface area contributed by atoms with Gasteiger partial charge < -0.3 is 15.4 Å². The van der Waals surface area contributed by atoms with Gasteiger partial charge in [0.05, 0.1) is 24.6 Å². The molecule has 0 saturated carbocycles. The van der Waals surface area contributed by atoms with Gasteiger partial charge in [-0.2, -0.15) is 5.10 Å². The fourth-order valence-corrected chi connectivity index (χ4v) is 2.78. The summed E-state index contributed by atoms with van der Waals surface area (Å²) in [5, 5.41) is 10.7. The summed E-state index contributed by atoms with van der Waals surface area (Å²) in [5.41, 5.74) is 4.05. The number of amides is 1. The number of ether oxygens (including phenoxy) is 1. The molecule has 1 unspecified atom stereocenters. The molecular formula is C17H22N4O2. The summed E-state index contributed by atoms with van der Waals surface area (Å²) >= 11 is 0. The lowest BCUT2D eigenvalue weighted by atomic mass is 10.2. The molecule has 2 aromatic rings. The number of rotatable bonds is 4. The molecule has 1 fully saturated rings. The number of aromatic nitrogens is 2. The summed E-state index contributed by atoms with van der Waals surface area (Å²) < 4.78 is 7.24. The van der Waals surface area contributed by atoms with E-state index in [1.54, 1.807) is 0 Å². The molecule has 122 valence electrons. The van der Waals surface area contributed by atoms with Gasteiger partial charge in [0.2, 0.25) is 5.91 Å². The highest BCUT2D eigenvalue weighted by molar-refractivity contribution is 5.82. The number of carbonyl (C=O) groups excluding carboxylic acids is 1. The SMILES string of the molecule is Cc1nn(-c2ccccc2)c(C)c1CNC(=O)C1COCCN1. The number of carbonyl (C=O) groups is 1. The van der Waals surface area contributed by atoms with Crippen molar-refractivity contribution in [2.75, 3.05) is 19.8 Å². The summed E-state index contributed by atoms with van der Waals surface area (Å²) in [6.07, 6.45) is 0. The molecule has 0 spiro atoms. The Kier molecular flexibility index (Phi) is 4.73. The van der Waals surface area contributed by atoms with Gasteiger partial charge in [-0.3, -0.25) is 4.79 Å². The van der Waals surface area contributed by atoms with Gasteiger partial charge in [-0.25, -0.2) is 4.68 Å². The molecular weight excluding hydrogens is 292 g/mol. The van der Waals surface area contributed by atoms with Crippen LogP contribution in [0.2, 0.25) is 0 Å². The second-order valence-corrected chi connectivity index (χ2v) is 5.70. The van der Waals surface area contributed by atoms with Crippen molar-refractivity contribution in [3.8, 4) is 5.69 Å². The zero-order valence-corrected chi connectivity index (χ0v) is 13.5. The van der Waals surface area contributed by atoms with Gasteiger partial charge in [-0.1, -0.05) is 18.2 Å². The van der Waals surface area contributed by atoms with Gasteiger partial charge in [0.25, 0.3) is 0 Å². The van der Waals surface area contributed by atoms with Crippen LogP contribution in [0.1, 0.15) is 17.0 Å². The van der Waals surface area contributed by atoms with E-state index in [1.807, 2.05) is 48.9 Å². The van der Waals surface area contributed by atoms with Crippen LogP contribution in [-0.4, -0.2) is 41.5 Å². The molecule has 23 heavy (non-hydrogen) atoms. The number of nitrogens with zero attached hydrogens (tertiary/aromatic N) is 2. The molecule has 1 aromatic heterocycles. The van der Waals surface area contributed by atoms with Gasteiger partial charge in [0, 0.05) is 24.3 Å². The quantitative estimate of drug-likeness (QED) is 0.886. The molecule has 1 saturated heterocycles. The normalized spacial score (nSPS) is 17.9. The number of hydrogen-bond donors (Lipinski definition) is 2.